The largest absolute Gasteiger partial charge is 0.395 e. The van der Waals surface area contributed by atoms with Crippen molar-refractivity contribution >= 4 is 39.3 Å². The highest BCUT2D eigenvalue weighted by Gasteiger charge is 2.13. The number of rotatable bonds is 5. The van der Waals surface area contributed by atoms with Crippen LogP contribution in [0.5, 0.6) is 0 Å². The van der Waals surface area contributed by atoms with Crippen molar-refractivity contribution in [2.75, 3.05) is 19.0 Å². The van der Waals surface area contributed by atoms with Gasteiger partial charge in [-0.3, -0.25) is 0 Å². The van der Waals surface area contributed by atoms with Crippen LogP contribution in [0, 0.1) is 0 Å². The van der Waals surface area contributed by atoms with Crippen LogP contribution >= 0.6 is 23.1 Å². The predicted molar refractivity (Wildman–Crippen MR) is 78.7 cm³/mol. The zero-order valence-electron chi connectivity index (χ0n) is 10.7. The number of thiophene rings is 1. The van der Waals surface area contributed by atoms with E-state index in [4.69, 9.17) is 5.11 Å². The summed E-state index contributed by atoms with van der Waals surface area (Å²) >= 11 is 3.30. The molecule has 0 aliphatic carbocycles. The van der Waals surface area contributed by atoms with Crippen molar-refractivity contribution in [2.24, 2.45) is 0 Å². The standard InChI is InChI=1S/C12H17N3OS2/c1-4-8-5-9-10(17-7(2)6-16)14-12(13-3)15-11(9)18-8/h5,7,16H,4,6H2,1-3H3,(H,13,14,15). The molecule has 0 amide bonds. The van der Waals surface area contributed by atoms with Gasteiger partial charge in [0.25, 0.3) is 0 Å². The molecule has 1 unspecified atom stereocenters. The summed E-state index contributed by atoms with van der Waals surface area (Å²) in [5.74, 6) is 0.639. The highest BCUT2D eigenvalue weighted by molar-refractivity contribution is 8.00. The van der Waals surface area contributed by atoms with Gasteiger partial charge < -0.3 is 10.4 Å². The average Bonchev–Trinajstić information content (AvgIpc) is 2.81. The molecule has 0 radical (unpaired) electrons. The van der Waals surface area contributed by atoms with Gasteiger partial charge in [-0.1, -0.05) is 13.8 Å². The Morgan fingerprint density at radius 2 is 2.28 bits per heavy atom. The second-order valence-electron chi connectivity index (χ2n) is 4.00. The lowest BCUT2D eigenvalue weighted by Gasteiger charge is -2.08. The Kier molecular flexibility index (Phi) is 4.42. The molecular formula is C12H17N3OS2. The number of fused-ring (bicyclic) bond motifs is 1. The van der Waals surface area contributed by atoms with Crippen LogP contribution in [0.3, 0.4) is 0 Å². The fourth-order valence-corrected chi connectivity index (χ4v) is 3.46. The summed E-state index contributed by atoms with van der Waals surface area (Å²) in [5.41, 5.74) is 0. The van der Waals surface area contributed by atoms with Crippen molar-refractivity contribution in [3.63, 3.8) is 0 Å². The third-order valence-corrected chi connectivity index (χ3v) is 4.81. The Labute approximate surface area is 115 Å². The summed E-state index contributed by atoms with van der Waals surface area (Å²) in [6, 6.07) is 2.16. The number of aliphatic hydroxyl groups is 1. The normalized spacial score (nSPS) is 12.9. The Hall–Kier alpha value is -0.850. The monoisotopic (exact) mass is 283 g/mol. The minimum atomic E-state index is 0.137. The second kappa shape index (κ2) is 5.86. The van der Waals surface area contributed by atoms with E-state index in [1.54, 1.807) is 23.1 Å². The van der Waals surface area contributed by atoms with Crippen LogP contribution in [0.2, 0.25) is 0 Å². The minimum absolute atomic E-state index is 0.137. The first-order valence-corrected chi connectivity index (χ1v) is 7.63. The number of aliphatic hydroxyl groups excluding tert-OH is 1. The van der Waals surface area contributed by atoms with Gasteiger partial charge in [-0.2, -0.15) is 0 Å². The van der Waals surface area contributed by atoms with E-state index in [-0.39, 0.29) is 11.9 Å². The third kappa shape index (κ3) is 2.76. The molecule has 2 aromatic heterocycles. The van der Waals surface area contributed by atoms with E-state index in [2.05, 4.69) is 28.3 Å². The molecule has 2 heterocycles. The number of hydrogen-bond donors (Lipinski definition) is 2. The maximum absolute atomic E-state index is 9.17. The second-order valence-corrected chi connectivity index (χ2v) is 6.54. The maximum atomic E-state index is 9.17. The summed E-state index contributed by atoms with van der Waals surface area (Å²) in [4.78, 5) is 11.3. The maximum Gasteiger partial charge on any atom is 0.224 e. The Morgan fingerprint density at radius 1 is 1.50 bits per heavy atom. The minimum Gasteiger partial charge on any atom is -0.395 e. The number of nitrogens with zero attached hydrogens (tertiary/aromatic N) is 2. The highest BCUT2D eigenvalue weighted by atomic mass is 32.2. The molecule has 18 heavy (non-hydrogen) atoms. The van der Waals surface area contributed by atoms with Crippen LogP contribution in [0.4, 0.5) is 5.95 Å². The van der Waals surface area contributed by atoms with Crippen molar-refractivity contribution < 1.29 is 5.11 Å². The van der Waals surface area contributed by atoms with Crippen molar-refractivity contribution in [2.45, 2.75) is 30.5 Å². The van der Waals surface area contributed by atoms with E-state index in [1.807, 2.05) is 14.0 Å². The van der Waals surface area contributed by atoms with Gasteiger partial charge in [0.05, 0.1) is 6.61 Å². The number of nitrogens with one attached hydrogen (secondary N) is 1. The molecule has 6 heteroatoms. The Balaban J connectivity index is 2.49. The number of aryl methyl sites for hydroxylation is 1. The van der Waals surface area contributed by atoms with Crippen LogP contribution in [0.1, 0.15) is 18.7 Å². The lowest BCUT2D eigenvalue weighted by molar-refractivity contribution is 0.300. The molecular weight excluding hydrogens is 266 g/mol. The van der Waals surface area contributed by atoms with E-state index >= 15 is 0 Å². The van der Waals surface area contributed by atoms with Gasteiger partial charge in [0, 0.05) is 22.6 Å². The molecule has 0 aromatic carbocycles. The summed E-state index contributed by atoms with van der Waals surface area (Å²) in [6.45, 7) is 4.28. The van der Waals surface area contributed by atoms with Gasteiger partial charge >= 0.3 is 0 Å². The Morgan fingerprint density at radius 3 is 2.89 bits per heavy atom. The number of anilines is 1. The Bertz CT molecular complexity index is 541. The van der Waals surface area contributed by atoms with Gasteiger partial charge in [-0.15, -0.1) is 23.1 Å². The van der Waals surface area contributed by atoms with Gasteiger partial charge in [0.1, 0.15) is 9.86 Å². The molecule has 0 saturated heterocycles. The van der Waals surface area contributed by atoms with Crippen LogP contribution in [-0.2, 0) is 6.42 Å². The number of hydrogen-bond acceptors (Lipinski definition) is 6. The van der Waals surface area contributed by atoms with Crippen molar-refractivity contribution in [3.05, 3.63) is 10.9 Å². The van der Waals surface area contributed by atoms with Crippen LogP contribution in [0.15, 0.2) is 11.1 Å². The lowest BCUT2D eigenvalue weighted by Crippen LogP contribution is -2.04. The number of thioether (sulfide) groups is 1. The summed E-state index contributed by atoms with van der Waals surface area (Å²) in [7, 11) is 1.82. The summed E-state index contributed by atoms with van der Waals surface area (Å²) in [6.07, 6.45) is 1.01. The van der Waals surface area contributed by atoms with Gasteiger partial charge in [0.2, 0.25) is 5.95 Å². The van der Waals surface area contributed by atoms with Gasteiger partial charge in [0.15, 0.2) is 0 Å². The van der Waals surface area contributed by atoms with E-state index in [9.17, 15) is 0 Å². The van der Waals surface area contributed by atoms with Crippen LogP contribution in [-0.4, -0.2) is 34.0 Å². The first-order valence-electron chi connectivity index (χ1n) is 5.93. The molecule has 0 fully saturated rings. The van der Waals surface area contributed by atoms with E-state index in [1.165, 1.54) is 4.88 Å². The molecule has 2 N–H and O–H groups in total. The molecule has 1 atom stereocenters. The van der Waals surface area contributed by atoms with Crippen molar-refractivity contribution in [1.82, 2.24) is 9.97 Å². The van der Waals surface area contributed by atoms with Crippen molar-refractivity contribution in [3.8, 4) is 0 Å². The third-order valence-electron chi connectivity index (χ3n) is 2.55. The zero-order chi connectivity index (χ0) is 13.1. The molecule has 0 saturated carbocycles. The fourth-order valence-electron chi connectivity index (χ4n) is 1.55. The lowest BCUT2D eigenvalue weighted by atomic mass is 10.3. The molecule has 98 valence electrons. The molecule has 0 aliphatic rings. The summed E-state index contributed by atoms with van der Waals surface area (Å²) < 4.78 is 0. The van der Waals surface area contributed by atoms with Crippen LogP contribution < -0.4 is 5.32 Å². The molecule has 2 rings (SSSR count). The highest BCUT2D eigenvalue weighted by Crippen LogP contribution is 2.34. The van der Waals surface area contributed by atoms with Gasteiger partial charge in [-0.05, 0) is 12.5 Å². The topological polar surface area (TPSA) is 58.0 Å². The molecule has 0 spiro atoms. The number of aromatic nitrogens is 2. The summed E-state index contributed by atoms with van der Waals surface area (Å²) in [5, 5.41) is 14.3. The van der Waals surface area contributed by atoms with E-state index in [0.717, 1.165) is 21.7 Å². The quantitative estimate of drug-likeness (QED) is 0.653. The smallest absolute Gasteiger partial charge is 0.224 e. The van der Waals surface area contributed by atoms with E-state index < -0.39 is 0 Å². The van der Waals surface area contributed by atoms with Gasteiger partial charge in [-0.25, -0.2) is 9.97 Å². The van der Waals surface area contributed by atoms with Crippen LogP contribution in [0.25, 0.3) is 10.2 Å². The first-order chi connectivity index (χ1) is 8.67. The zero-order valence-corrected chi connectivity index (χ0v) is 12.4. The predicted octanol–water partition coefficient (Wildman–Crippen LogP) is 2.77. The fraction of sp³-hybridized carbons (Fsp3) is 0.500. The van der Waals surface area contributed by atoms with Crippen molar-refractivity contribution in [1.29, 1.82) is 0 Å². The molecule has 0 bridgehead atoms. The molecule has 2 aromatic rings. The SMILES string of the molecule is CCc1cc2c(SC(C)CO)nc(NC)nc2s1. The first kappa shape index (κ1) is 13.6. The van der Waals surface area contributed by atoms with E-state index in [0.29, 0.717) is 5.95 Å². The average molecular weight is 283 g/mol. The molecule has 4 nitrogen and oxygen atoms in total. The molecule has 0 aliphatic heterocycles.